The smallest absolute Gasteiger partial charge is 0.0857 e. The van der Waals surface area contributed by atoms with E-state index in [4.69, 9.17) is 9.47 Å². The maximum Gasteiger partial charge on any atom is 0.0857 e. The van der Waals surface area contributed by atoms with Gasteiger partial charge in [-0.25, -0.2) is 0 Å². The number of rotatable bonds is 5. The predicted octanol–water partition coefficient (Wildman–Crippen LogP) is 2.93. The molecule has 0 radical (unpaired) electrons. The first kappa shape index (κ1) is 11.7. The lowest BCUT2D eigenvalue weighted by atomic mass is 10.1. The molecule has 0 unspecified atom stereocenters. The fraction of sp³-hybridized carbons (Fsp3) is 0.833. The first-order valence-corrected chi connectivity index (χ1v) is 5.61. The van der Waals surface area contributed by atoms with Gasteiger partial charge in [0.15, 0.2) is 0 Å². The molecular weight excluding hydrogens is 176 g/mol. The Morgan fingerprint density at radius 2 is 2.21 bits per heavy atom. The molecule has 0 spiro atoms. The summed E-state index contributed by atoms with van der Waals surface area (Å²) in [5.74, 6) is 0. The Kier molecular flexibility index (Phi) is 5.20. The van der Waals surface area contributed by atoms with Crippen LogP contribution in [0.4, 0.5) is 0 Å². The minimum Gasteiger partial charge on any atom is -0.379 e. The topological polar surface area (TPSA) is 18.5 Å². The number of hydrogen-bond donors (Lipinski definition) is 0. The van der Waals surface area contributed by atoms with E-state index in [0.717, 1.165) is 25.7 Å². The molecule has 3 atom stereocenters. The highest BCUT2D eigenvalue weighted by Crippen LogP contribution is 2.25. The van der Waals surface area contributed by atoms with Gasteiger partial charge in [0.1, 0.15) is 0 Å². The highest BCUT2D eigenvalue weighted by atomic mass is 16.6. The highest BCUT2D eigenvalue weighted by Gasteiger charge is 2.31. The van der Waals surface area contributed by atoms with Crippen LogP contribution in [0.15, 0.2) is 12.2 Å². The van der Waals surface area contributed by atoms with Gasteiger partial charge in [-0.1, -0.05) is 19.1 Å². The quantitative estimate of drug-likeness (QED) is 0.632. The zero-order valence-corrected chi connectivity index (χ0v) is 9.53. The Hall–Kier alpha value is -0.340. The van der Waals surface area contributed by atoms with E-state index in [1.165, 1.54) is 0 Å². The predicted molar refractivity (Wildman–Crippen MR) is 58.4 cm³/mol. The molecule has 0 N–H and O–H groups in total. The highest BCUT2D eigenvalue weighted by molar-refractivity contribution is 4.86. The molecule has 2 nitrogen and oxygen atoms in total. The Labute approximate surface area is 87.3 Å². The minimum atomic E-state index is 0.302. The summed E-state index contributed by atoms with van der Waals surface area (Å²) in [6.07, 6.45) is 9.76. The maximum absolute atomic E-state index is 5.79. The van der Waals surface area contributed by atoms with E-state index in [-0.39, 0.29) is 0 Å². The number of hydrogen-bond acceptors (Lipinski definition) is 2. The number of methoxy groups -OCH3 is 1. The fourth-order valence-electron chi connectivity index (χ4n) is 1.97. The van der Waals surface area contributed by atoms with Crippen molar-refractivity contribution in [2.75, 3.05) is 7.11 Å². The van der Waals surface area contributed by atoms with Gasteiger partial charge < -0.3 is 9.47 Å². The van der Waals surface area contributed by atoms with Gasteiger partial charge in [0, 0.05) is 13.5 Å². The van der Waals surface area contributed by atoms with E-state index < -0.39 is 0 Å². The first-order chi connectivity index (χ1) is 6.77. The van der Waals surface area contributed by atoms with E-state index in [2.05, 4.69) is 26.0 Å². The summed E-state index contributed by atoms with van der Waals surface area (Å²) in [6, 6.07) is 0. The number of allylic oxidation sites excluding steroid dienone is 2. The largest absolute Gasteiger partial charge is 0.379 e. The van der Waals surface area contributed by atoms with Gasteiger partial charge in [-0.05, 0) is 26.2 Å². The molecule has 1 aliphatic rings. The average Bonchev–Trinajstić information content (AvgIpc) is 2.54. The summed E-state index contributed by atoms with van der Waals surface area (Å²) in [4.78, 5) is 0. The maximum atomic E-state index is 5.79. The molecule has 82 valence electrons. The average molecular weight is 198 g/mol. The van der Waals surface area contributed by atoms with Gasteiger partial charge in [-0.2, -0.15) is 0 Å². The molecule has 1 heterocycles. The lowest BCUT2D eigenvalue weighted by Gasteiger charge is -2.15. The van der Waals surface area contributed by atoms with Crippen LogP contribution in [-0.2, 0) is 9.47 Å². The molecule has 0 aliphatic carbocycles. The van der Waals surface area contributed by atoms with E-state index >= 15 is 0 Å². The fourth-order valence-corrected chi connectivity index (χ4v) is 1.97. The molecule has 0 bridgehead atoms. The van der Waals surface area contributed by atoms with Gasteiger partial charge in [0.25, 0.3) is 0 Å². The van der Waals surface area contributed by atoms with Crippen LogP contribution in [0.5, 0.6) is 0 Å². The molecule has 0 aromatic rings. The Bertz CT molecular complexity index is 177. The van der Waals surface area contributed by atoms with Crippen LogP contribution < -0.4 is 0 Å². The molecule has 1 saturated heterocycles. The summed E-state index contributed by atoms with van der Waals surface area (Å²) in [5, 5.41) is 0. The Balaban J connectivity index is 2.25. The molecule has 0 saturated carbocycles. The van der Waals surface area contributed by atoms with Crippen molar-refractivity contribution in [3.63, 3.8) is 0 Å². The zero-order valence-electron chi connectivity index (χ0n) is 9.53. The van der Waals surface area contributed by atoms with E-state index in [0.29, 0.717) is 18.3 Å². The standard InChI is InChI=1S/C12H22O2/c1-4-5-6-7-8-11-12(13-3)9-10(2)14-11/h5-6,10-12H,4,7-9H2,1-3H3/b6-5-/t10-,11+,12-/m1/s1. The van der Waals surface area contributed by atoms with Gasteiger partial charge in [0.2, 0.25) is 0 Å². The summed E-state index contributed by atoms with van der Waals surface area (Å²) in [7, 11) is 1.78. The molecular formula is C12H22O2. The van der Waals surface area contributed by atoms with E-state index in [1.54, 1.807) is 7.11 Å². The summed E-state index contributed by atoms with van der Waals surface area (Å²) < 4.78 is 11.2. The van der Waals surface area contributed by atoms with Crippen molar-refractivity contribution in [1.82, 2.24) is 0 Å². The Morgan fingerprint density at radius 3 is 2.86 bits per heavy atom. The van der Waals surface area contributed by atoms with E-state index in [1.807, 2.05) is 0 Å². The van der Waals surface area contributed by atoms with Crippen LogP contribution in [0.25, 0.3) is 0 Å². The van der Waals surface area contributed by atoms with Crippen molar-refractivity contribution in [3.8, 4) is 0 Å². The third-order valence-corrected chi connectivity index (χ3v) is 2.71. The van der Waals surface area contributed by atoms with Crippen molar-refractivity contribution in [1.29, 1.82) is 0 Å². The van der Waals surface area contributed by atoms with Crippen LogP contribution in [0.1, 0.15) is 39.5 Å². The lowest BCUT2D eigenvalue weighted by molar-refractivity contribution is -0.00464. The molecule has 14 heavy (non-hydrogen) atoms. The molecule has 2 heteroatoms. The Morgan fingerprint density at radius 1 is 1.43 bits per heavy atom. The van der Waals surface area contributed by atoms with Crippen LogP contribution in [0, 0.1) is 0 Å². The molecule has 0 aromatic heterocycles. The van der Waals surface area contributed by atoms with Gasteiger partial charge in [-0.15, -0.1) is 0 Å². The minimum absolute atomic E-state index is 0.302. The summed E-state index contributed by atoms with van der Waals surface area (Å²) in [6.45, 7) is 4.27. The van der Waals surface area contributed by atoms with Crippen molar-refractivity contribution in [2.24, 2.45) is 0 Å². The second-order valence-electron chi connectivity index (χ2n) is 3.95. The second-order valence-corrected chi connectivity index (χ2v) is 3.95. The van der Waals surface area contributed by atoms with Crippen LogP contribution in [0.2, 0.25) is 0 Å². The van der Waals surface area contributed by atoms with Crippen molar-refractivity contribution in [3.05, 3.63) is 12.2 Å². The van der Waals surface area contributed by atoms with Gasteiger partial charge in [0.05, 0.1) is 18.3 Å². The number of ether oxygens (including phenoxy) is 2. The third kappa shape index (κ3) is 3.43. The monoisotopic (exact) mass is 198 g/mol. The molecule has 0 amide bonds. The summed E-state index contributed by atoms with van der Waals surface area (Å²) >= 11 is 0. The molecule has 1 rings (SSSR count). The van der Waals surface area contributed by atoms with Gasteiger partial charge >= 0.3 is 0 Å². The second kappa shape index (κ2) is 6.20. The van der Waals surface area contributed by atoms with Crippen LogP contribution in [-0.4, -0.2) is 25.4 Å². The van der Waals surface area contributed by atoms with Crippen LogP contribution >= 0.6 is 0 Å². The summed E-state index contributed by atoms with van der Waals surface area (Å²) in [5.41, 5.74) is 0. The first-order valence-electron chi connectivity index (χ1n) is 5.61. The molecule has 1 fully saturated rings. The van der Waals surface area contributed by atoms with Gasteiger partial charge in [-0.3, -0.25) is 0 Å². The van der Waals surface area contributed by atoms with Crippen molar-refractivity contribution in [2.45, 2.75) is 57.8 Å². The molecule has 0 aromatic carbocycles. The van der Waals surface area contributed by atoms with Crippen molar-refractivity contribution >= 4 is 0 Å². The van der Waals surface area contributed by atoms with Crippen molar-refractivity contribution < 1.29 is 9.47 Å². The van der Waals surface area contributed by atoms with Crippen LogP contribution in [0.3, 0.4) is 0 Å². The lowest BCUT2D eigenvalue weighted by Crippen LogP contribution is -2.22. The van der Waals surface area contributed by atoms with E-state index in [9.17, 15) is 0 Å². The normalized spacial score (nSPS) is 32.9. The third-order valence-electron chi connectivity index (χ3n) is 2.71. The SMILES string of the molecule is CC/C=C\CC[C@@H]1O[C@H](C)C[C@H]1OC. The molecule has 1 aliphatic heterocycles. The zero-order chi connectivity index (χ0) is 10.4.